The van der Waals surface area contributed by atoms with Crippen molar-refractivity contribution in [3.63, 3.8) is 0 Å². The number of carbonyl (C=O) groups excluding carboxylic acids is 2. The molecule has 0 unspecified atom stereocenters. The van der Waals surface area contributed by atoms with Gasteiger partial charge >= 0.3 is 5.63 Å². The van der Waals surface area contributed by atoms with Crippen molar-refractivity contribution in [3.05, 3.63) is 74.6 Å². The molecule has 1 heterocycles. The molecule has 0 aliphatic carbocycles. The second-order valence-corrected chi connectivity index (χ2v) is 6.21. The van der Waals surface area contributed by atoms with Gasteiger partial charge < -0.3 is 15.1 Å². The molecular formula is C18H12Cl2N2O4. The Morgan fingerprint density at radius 2 is 1.81 bits per heavy atom. The lowest BCUT2D eigenvalue weighted by molar-refractivity contribution is -0.115. The third-order valence-electron chi connectivity index (χ3n) is 3.49. The molecule has 2 aromatic carbocycles. The SMILES string of the molecule is O=C(CNC(=O)c1ccc(Cl)cc1Cl)Nc1ccc2oc(=O)ccc2c1. The Morgan fingerprint density at radius 3 is 2.58 bits per heavy atom. The first kappa shape index (κ1) is 18.0. The van der Waals surface area contributed by atoms with Crippen molar-refractivity contribution in [2.75, 3.05) is 11.9 Å². The molecule has 0 aliphatic rings. The number of hydrogen-bond donors (Lipinski definition) is 2. The third kappa shape index (κ3) is 4.22. The van der Waals surface area contributed by atoms with Crippen LogP contribution >= 0.6 is 23.2 Å². The number of fused-ring (bicyclic) bond motifs is 1. The lowest BCUT2D eigenvalue weighted by Gasteiger charge is -2.08. The summed E-state index contributed by atoms with van der Waals surface area (Å²) in [5.41, 5.74) is 0.707. The maximum absolute atomic E-state index is 12.1. The number of anilines is 1. The predicted octanol–water partition coefficient (Wildman–Crippen LogP) is 3.47. The van der Waals surface area contributed by atoms with E-state index in [4.69, 9.17) is 27.6 Å². The smallest absolute Gasteiger partial charge is 0.336 e. The summed E-state index contributed by atoms with van der Waals surface area (Å²) in [4.78, 5) is 35.3. The van der Waals surface area contributed by atoms with Gasteiger partial charge in [-0.05, 0) is 42.5 Å². The summed E-state index contributed by atoms with van der Waals surface area (Å²) in [5.74, 6) is -0.901. The Bertz CT molecular complexity index is 1060. The van der Waals surface area contributed by atoms with Gasteiger partial charge in [-0.1, -0.05) is 23.2 Å². The van der Waals surface area contributed by atoms with Crippen molar-refractivity contribution in [2.24, 2.45) is 0 Å². The molecule has 132 valence electrons. The fraction of sp³-hybridized carbons (Fsp3) is 0.0556. The molecule has 8 heteroatoms. The number of amides is 2. The molecule has 2 amide bonds. The number of hydrogen-bond acceptors (Lipinski definition) is 4. The summed E-state index contributed by atoms with van der Waals surface area (Å²) in [6.07, 6.45) is 0. The van der Waals surface area contributed by atoms with Crippen molar-refractivity contribution in [3.8, 4) is 0 Å². The van der Waals surface area contributed by atoms with Crippen LogP contribution in [0.1, 0.15) is 10.4 Å². The first-order chi connectivity index (χ1) is 12.4. The molecule has 0 radical (unpaired) electrons. The van der Waals surface area contributed by atoms with Gasteiger partial charge in [-0.2, -0.15) is 0 Å². The van der Waals surface area contributed by atoms with E-state index in [0.717, 1.165) is 0 Å². The fourth-order valence-corrected chi connectivity index (χ4v) is 2.78. The Labute approximate surface area is 157 Å². The van der Waals surface area contributed by atoms with Gasteiger partial charge in [0.05, 0.1) is 17.1 Å². The maximum Gasteiger partial charge on any atom is 0.336 e. The summed E-state index contributed by atoms with van der Waals surface area (Å²) < 4.78 is 5.02. The summed E-state index contributed by atoms with van der Waals surface area (Å²) in [7, 11) is 0. The van der Waals surface area contributed by atoms with E-state index in [2.05, 4.69) is 10.6 Å². The Kier molecular flexibility index (Phi) is 5.25. The van der Waals surface area contributed by atoms with E-state index in [1.54, 1.807) is 24.3 Å². The zero-order valence-electron chi connectivity index (χ0n) is 13.2. The number of nitrogens with one attached hydrogen (secondary N) is 2. The highest BCUT2D eigenvalue weighted by molar-refractivity contribution is 6.36. The standard InChI is InChI=1S/C18H12Cl2N2O4/c19-11-2-4-13(14(20)8-11)18(25)21-9-16(23)22-12-3-5-15-10(7-12)1-6-17(24)26-15/h1-8H,9H2,(H,21,25)(H,22,23). The summed E-state index contributed by atoms with van der Waals surface area (Å²) >= 11 is 11.7. The molecule has 0 atom stereocenters. The third-order valence-corrected chi connectivity index (χ3v) is 4.04. The van der Waals surface area contributed by atoms with Gasteiger partial charge in [-0.3, -0.25) is 9.59 Å². The minimum atomic E-state index is -0.484. The largest absolute Gasteiger partial charge is 0.423 e. The predicted molar refractivity (Wildman–Crippen MR) is 99.9 cm³/mol. The van der Waals surface area contributed by atoms with Crippen LogP contribution in [0, 0.1) is 0 Å². The van der Waals surface area contributed by atoms with Crippen LogP contribution in [-0.4, -0.2) is 18.4 Å². The molecule has 0 fully saturated rings. The molecule has 3 aromatic rings. The number of rotatable bonds is 4. The molecule has 0 saturated carbocycles. The van der Waals surface area contributed by atoms with Gasteiger partial charge in [-0.25, -0.2) is 4.79 Å². The van der Waals surface area contributed by atoms with Crippen molar-refractivity contribution in [1.29, 1.82) is 0 Å². The van der Waals surface area contributed by atoms with E-state index in [1.807, 2.05) is 0 Å². The summed E-state index contributed by atoms with van der Waals surface area (Å²) in [6.45, 7) is -0.236. The zero-order chi connectivity index (χ0) is 18.7. The van der Waals surface area contributed by atoms with Crippen LogP contribution in [0.25, 0.3) is 11.0 Å². The first-order valence-corrected chi connectivity index (χ1v) is 8.25. The number of benzene rings is 2. The lowest BCUT2D eigenvalue weighted by Crippen LogP contribution is -2.33. The summed E-state index contributed by atoms with van der Waals surface area (Å²) in [5, 5.41) is 6.42. The van der Waals surface area contributed by atoms with Gasteiger partial charge in [0, 0.05) is 22.2 Å². The monoisotopic (exact) mass is 390 g/mol. The molecule has 0 bridgehead atoms. The zero-order valence-corrected chi connectivity index (χ0v) is 14.7. The van der Waals surface area contributed by atoms with Crippen LogP contribution in [0.3, 0.4) is 0 Å². The lowest BCUT2D eigenvalue weighted by atomic mass is 10.2. The van der Waals surface area contributed by atoms with Crippen LogP contribution in [-0.2, 0) is 4.79 Å². The van der Waals surface area contributed by atoms with E-state index in [1.165, 1.54) is 24.3 Å². The minimum absolute atomic E-state index is 0.200. The van der Waals surface area contributed by atoms with E-state index in [-0.39, 0.29) is 17.1 Å². The molecular weight excluding hydrogens is 379 g/mol. The van der Waals surface area contributed by atoms with Crippen LogP contribution in [0.15, 0.2) is 57.7 Å². The normalized spacial score (nSPS) is 10.5. The van der Waals surface area contributed by atoms with Crippen LogP contribution in [0.5, 0.6) is 0 Å². The first-order valence-electron chi connectivity index (χ1n) is 7.49. The Morgan fingerprint density at radius 1 is 1.00 bits per heavy atom. The quantitative estimate of drug-likeness (QED) is 0.667. The molecule has 6 nitrogen and oxygen atoms in total. The molecule has 0 aliphatic heterocycles. The molecule has 3 rings (SSSR count). The number of carbonyl (C=O) groups is 2. The van der Waals surface area contributed by atoms with Gasteiger partial charge in [0.1, 0.15) is 5.58 Å². The van der Waals surface area contributed by atoms with Crippen LogP contribution < -0.4 is 16.3 Å². The van der Waals surface area contributed by atoms with Gasteiger partial charge in [0.25, 0.3) is 5.91 Å². The number of halogens is 2. The Hall–Kier alpha value is -2.83. The van der Waals surface area contributed by atoms with Crippen molar-refractivity contribution < 1.29 is 14.0 Å². The molecule has 0 spiro atoms. The summed E-state index contributed by atoms with van der Waals surface area (Å²) in [6, 6.07) is 12.2. The topological polar surface area (TPSA) is 88.4 Å². The highest BCUT2D eigenvalue weighted by Gasteiger charge is 2.12. The molecule has 1 aromatic heterocycles. The highest BCUT2D eigenvalue weighted by Crippen LogP contribution is 2.21. The van der Waals surface area contributed by atoms with E-state index < -0.39 is 17.4 Å². The molecule has 2 N–H and O–H groups in total. The second kappa shape index (κ2) is 7.59. The fourth-order valence-electron chi connectivity index (χ4n) is 2.28. The van der Waals surface area contributed by atoms with E-state index >= 15 is 0 Å². The average molecular weight is 391 g/mol. The van der Waals surface area contributed by atoms with Crippen molar-refractivity contribution in [1.82, 2.24) is 5.32 Å². The molecule has 0 saturated heterocycles. The Balaban J connectivity index is 1.62. The van der Waals surface area contributed by atoms with Gasteiger partial charge in [0.2, 0.25) is 5.91 Å². The van der Waals surface area contributed by atoms with Crippen molar-refractivity contribution >= 4 is 51.7 Å². The highest BCUT2D eigenvalue weighted by atomic mass is 35.5. The van der Waals surface area contributed by atoms with Crippen LogP contribution in [0.4, 0.5) is 5.69 Å². The minimum Gasteiger partial charge on any atom is -0.423 e. The van der Waals surface area contributed by atoms with Gasteiger partial charge in [0.15, 0.2) is 0 Å². The van der Waals surface area contributed by atoms with Crippen LogP contribution in [0.2, 0.25) is 10.0 Å². The maximum atomic E-state index is 12.1. The average Bonchev–Trinajstić information content (AvgIpc) is 2.60. The second-order valence-electron chi connectivity index (χ2n) is 5.36. The van der Waals surface area contributed by atoms with E-state index in [0.29, 0.717) is 21.7 Å². The van der Waals surface area contributed by atoms with E-state index in [9.17, 15) is 14.4 Å². The molecule has 26 heavy (non-hydrogen) atoms. The van der Waals surface area contributed by atoms with Crippen molar-refractivity contribution in [2.45, 2.75) is 0 Å². The van der Waals surface area contributed by atoms with Gasteiger partial charge in [-0.15, -0.1) is 0 Å².